The molecule has 5 nitrogen and oxygen atoms in total. The van der Waals surface area contributed by atoms with Crippen LogP contribution in [0.1, 0.15) is 19.5 Å². The third-order valence-electron chi connectivity index (χ3n) is 3.46. The zero-order chi connectivity index (χ0) is 14.2. The Hall–Kier alpha value is -1.72. The predicted molar refractivity (Wildman–Crippen MR) is 81.3 cm³/mol. The molecule has 2 aromatic rings. The molecule has 2 rings (SSSR count). The molecule has 0 aliphatic carbocycles. The second kappa shape index (κ2) is 7.77. The minimum Gasteiger partial charge on any atom is -0.310 e. The molecular weight excluding hydrogens is 250 g/mol. The second-order valence-corrected chi connectivity index (χ2v) is 4.69. The first kappa shape index (κ1) is 14.7. The first-order valence-electron chi connectivity index (χ1n) is 7.23. The molecule has 1 aromatic heterocycles. The highest BCUT2D eigenvalue weighted by Crippen LogP contribution is 2.18. The van der Waals surface area contributed by atoms with E-state index >= 15 is 0 Å². The van der Waals surface area contributed by atoms with Crippen LogP contribution in [0.15, 0.2) is 30.3 Å². The van der Waals surface area contributed by atoms with E-state index < -0.39 is 0 Å². The Balaban J connectivity index is 1.87. The topological polar surface area (TPSA) is 56.8 Å². The maximum atomic E-state index is 4.25. The average molecular weight is 273 g/mol. The molecule has 108 valence electrons. The van der Waals surface area contributed by atoms with Gasteiger partial charge in [0.25, 0.3) is 0 Å². The van der Waals surface area contributed by atoms with Crippen LogP contribution in [0.3, 0.4) is 0 Å². The van der Waals surface area contributed by atoms with Crippen LogP contribution in [0.25, 0.3) is 11.3 Å². The summed E-state index contributed by atoms with van der Waals surface area (Å²) >= 11 is 0. The van der Waals surface area contributed by atoms with Crippen molar-refractivity contribution < 1.29 is 0 Å². The fourth-order valence-corrected chi connectivity index (χ4v) is 2.19. The fourth-order valence-electron chi connectivity index (χ4n) is 2.19. The van der Waals surface area contributed by atoms with E-state index in [1.165, 1.54) is 0 Å². The van der Waals surface area contributed by atoms with E-state index in [4.69, 9.17) is 0 Å². The largest absolute Gasteiger partial charge is 0.310 e. The number of nitrogens with zero attached hydrogens (tertiary/aromatic N) is 3. The number of rotatable bonds is 8. The highest BCUT2D eigenvalue weighted by atomic mass is 15.3. The molecule has 0 aliphatic rings. The SMILES string of the molecule is CCN(CC)CCNCc1n[nH]nc1-c1ccccc1. The molecule has 0 saturated carbocycles. The molecule has 0 amide bonds. The Morgan fingerprint density at radius 2 is 1.85 bits per heavy atom. The lowest BCUT2D eigenvalue weighted by Gasteiger charge is -2.17. The third-order valence-corrected chi connectivity index (χ3v) is 3.46. The second-order valence-electron chi connectivity index (χ2n) is 4.69. The van der Waals surface area contributed by atoms with Crippen LogP contribution < -0.4 is 5.32 Å². The predicted octanol–water partition coefficient (Wildman–Crippen LogP) is 1.90. The molecule has 0 radical (unpaired) electrons. The van der Waals surface area contributed by atoms with Crippen LogP contribution in [-0.4, -0.2) is 46.5 Å². The number of aromatic amines is 1. The van der Waals surface area contributed by atoms with E-state index in [2.05, 4.69) is 51.6 Å². The van der Waals surface area contributed by atoms with Crippen molar-refractivity contribution in [1.82, 2.24) is 25.6 Å². The van der Waals surface area contributed by atoms with E-state index in [1.54, 1.807) is 0 Å². The van der Waals surface area contributed by atoms with Gasteiger partial charge in [0, 0.05) is 25.2 Å². The van der Waals surface area contributed by atoms with Gasteiger partial charge in [0.2, 0.25) is 0 Å². The van der Waals surface area contributed by atoms with E-state index in [0.717, 1.165) is 49.7 Å². The molecule has 0 fully saturated rings. The first-order chi connectivity index (χ1) is 9.85. The number of nitrogens with one attached hydrogen (secondary N) is 2. The third kappa shape index (κ3) is 3.88. The molecule has 0 unspecified atom stereocenters. The van der Waals surface area contributed by atoms with E-state index in [-0.39, 0.29) is 0 Å². The molecule has 1 heterocycles. The van der Waals surface area contributed by atoms with Crippen LogP contribution in [-0.2, 0) is 6.54 Å². The van der Waals surface area contributed by atoms with Gasteiger partial charge < -0.3 is 10.2 Å². The van der Waals surface area contributed by atoms with Crippen molar-refractivity contribution in [3.8, 4) is 11.3 Å². The van der Waals surface area contributed by atoms with Gasteiger partial charge in [-0.1, -0.05) is 44.2 Å². The van der Waals surface area contributed by atoms with Gasteiger partial charge in [-0.05, 0) is 13.1 Å². The summed E-state index contributed by atoms with van der Waals surface area (Å²) in [5, 5.41) is 14.6. The number of benzene rings is 1. The summed E-state index contributed by atoms with van der Waals surface area (Å²) in [4.78, 5) is 2.40. The quantitative estimate of drug-likeness (QED) is 0.721. The number of aromatic nitrogens is 3. The molecule has 5 heteroatoms. The summed E-state index contributed by atoms with van der Waals surface area (Å²) in [7, 11) is 0. The molecule has 0 bridgehead atoms. The smallest absolute Gasteiger partial charge is 0.117 e. The number of hydrogen-bond donors (Lipinski definition) is 2. The van der Waals surface area contributed by atoms with Crippen LogP contribution in [0.2, 0.25) is 0 Å². The van der Waals surface area contributed by atoms with Crippen LogP contribution in [0, 0.1) is 0 Å². The van der Waals surface area contributed by atoms with Crippen molar-refractivity contribution >= 4 is 0 Å². The number of likely N-dealkylation sites (N-methyl/N-ethyl adjacent to an activating group) is 1. The Labute approximate surface area is 120 Å². The Morgan fingerprint density at radius 3 is 2.55 bits per heavy atom. The molecule has 0 aliphatic heterocycles. The minimum atomic E-state index is 0.738. The van der Waals surface area contributed by atoms with Crippen molar-refractivity contribution in [3.05, 3.63) is 36.0 Å². The molecule has 20 heavy (non-hydrogen) atoms. The van der Waals surface area contributed by atoms with Gasteiger partial charge in [0.1, 0.15) is 11.4 Å². The number of H-pyrrole nitrogens is 1. The van der Waals surface area contributed by atoms with Crippen molar-refractivity contribution in [3.63, 3.8) is 0 Å². The molecular formula is C15H23N5. The normalized spacial score (nSPS) is 11.2. The summed E-state index contributed by atoms with van der Waals surface area (Å²) < 4.78 is 0. The Morgan fingerprint density at radius 1 is 1.10 bits per heavy atom. The van der Waals surface area contributed by atoms with Gasteiger partial charge in [-0.15, -0.1) is 0 Å². The lowest BCUT2D eigenvalue weighted by atomic mass is 10.1. The van der Waals surface area contributed by atoms with E-state index in [1.807, 2.05) is 18.2 Å². The molecule has 2 N–H and O–H groups in total. The highest BCUT2D eigenvalue weighted by molar-refractivity contribution is 5.60. The fraction of sp³-hybridized carbons (Fsp3) is 0.467. The zero-order valence-electron chi connectivity index (χ0n) is 12.3. The van der Waals surface area contributed by atoms with Crippen LogP contribution in [0.4, 0.5) is 0 Å². The van der Waals surface area contributed by atoms with E-state index in [9.17, 15) is 0 Å². The summed E-state index contributed by atoms with van der Waals surface area (Å²) in [5.41, 5.74) is 3.00. The van der Waals surface area contributed by atoms with E-state index in [0.29, 0.717) is 0 Å². The molecule has 0 atom stereocenters. The maximum absolute atomic E-state index is 4.25. The Bertz CT molecular complexity index is 490. The van der Waals surface area contributed by atoms with Gasteiger partial charge in [-0.25, -0.2) is 0 Å². The van der Waals surface area contributed by atoms with Crippen molar-refractivity contribution in [2.24, 2.45) is 0 Å². The van der Waals surface area contributed by atoms with Gasteiger partial charge in [0.15, 0.2) is 0 Å². The van der Waals surface area contributed by atoms with Gasteiger partial charge in [-0.3, -0.25) is 0 Å². The summed E-state index contributed by atoms with van der Waals surface area (Å²) in [5.74, 6) is 0. The average Bonchev–Trinajstić information content (AvgIpc) is 2.97. The van der Waals surface area contributed by atoms with Crippen LogP contribution >= 0.6 is 0 Å². The number of hydrogen-bond acceptors (Lipinski definition) is 4. The van der Waals surface area contributed by atoms with Gasteiger partial charge in [0.05, 0.1) is 0 Å². The Kier molecular flexibility index (Phi) is 5.70. The lowest BCUT2D eigenvalue weighted by molar-refractivity contribution is 0.302. The summed E-state index contributed by atoms with van der Waals surface area (Å²) in [6, 6.07) is 10.1. The molecule has 0 spiro atoms. The highest BCUT2D eigenvalue weighted by Gasteiger charge is 2.09. The minimum absolute atomic E-state index is 0.738. The summed E-state index contributed by atoms with van der Waals surface area (Å²) in [6.07, 6.45) is 0. The molecule has 0 saturated heterocycles. The van der Waals surface area contributed by atoms with Crippen LogP contribution in [0.5, 0.6) is 0 Å². The van der Waals surface area contributed by atoms with Crippen molar-refractivity contribution in [2.45, 2.75) is 20.4 Å². The van der Waals surface area contributed by atoms with Gasteiger partial charge in [-0.2, -0.15) is 15.4 Å². The summed E-state index contributed by atoms with van der Waals surface area (Å²) in [6.45, 7) is 9.33. The van der Waals surface area contributed by atoms with Crippen molar-refractivity contribution in [1.29, 1.82) is 0 Å². The van der Waals surface area contributed by atoms with Gasteiger partial charge >= 0.3 is 0 Å². The standard InChI is InChI=1S/C15H23N5/c1-3-20(4-2)11-10-16-12-14-15(18-19-17-14)13-8-6-5-7-9-13/h5-9,16H,3-4,10-12H2,1-2H3,(H,17,18,19). The monoisotopic (exact) mass is 273 g/mol. The maximum Gasteiger partial charge on any atom is 0.117 e. The van der Waals surface area contributed by atoms with Crippen molar-refractivity contribution in [2.75, 3.05) is 26.2 Å². The molecule has 1 aromatic carbocycles. The zero-order valence-corrected chi connectivity index (χ0v) is 12.3. The lowest BCUT2D eigenvalue weighted by Crippen LogP contribution is -2.31. The first-order valence-corrected chi connectivity index (χ1v) is 7.23.